The number of carbonyl (C=O) groups is 1. The lowest BCUT2D eigenvalue weighted by atomic mass is 10.0. The fraction of sp³-hybridized carbons (Fsp3) is 0.400. The molecule has 1 N–H and O–H groups in total. The molecule has 1 amide bonds. The SMILES string of the molecule is Cc1cc(C2CCCO2)oc(=O)c1C(=O)NC1(c2ccccc2Cl)CC1. The maximum absolute atomic E-state index is 12.8. The molecule has 0 spiro atoms. The van der Waals surface area contributed by atoms with Gasteiger partial charge in [-0.05, 0) is 55.9 Å². The Morgan fingerprint density at radius 3 is 2.69 bits per heavy atom. The lowest BCUT2D eigenvalue weighted by Gasteiger charge is -2.19. The van der Waals surface area contributed by atoms with Crippen molar-refractivity contribution in [2.24, 2.45) is 0 Å². The van der Waals surface area contributed by atoms with Crippen LogP contribution < -0.4 is 10.9 Å². The molecular weight excluding hydrogens is 354 g/mol. The smallest absolute Gasteiger partial charge is 0.349 e. The lowest BCUT2D eigenvalue weighted by molar-refractivity contribution is 0.0876. The van der Waals surface area contributed by atoms with Crippen LogP contribution in [0, 0.1) is 6.92 Å². The third-order valence-corrected chi connectivity index (χ3v) is 5.46. The van der Waals surface area contributed by atoms with E-state index >= 15 is 0 Å². The van der Waals surface area contributed by atoms with E-state index in [1.807, 2.05) is 18.2 Å². The predicted octanol–water partition coefficient (Wildman–Crippen LogP) is 3.87. The van der Waals surface area contributed by atoms with Crippen molar-refractivity contribution < 1.29 is 13.9 Å². The lowest BCUT2D eigenvalue weighted by Crippen LogP contribution is -2.38. The molecule has 2 fully saturated rings. The van der Waals surface area contributed by atoms with E-state index in [9.17, 15) is 9.59 Å². The van der Waals surface area contributed by atoms with E-state index in [0.29, 0.717) is 23.0 Å². The minimum atomic E-state index is -0.622. The molecule has 1 atom stereocenters. The van der Waals surface area contributed by atoms with Crippen molar-refractivity contribution in [3.63, 3.8) is 0 Å². The summed E-state index contributed by atoms with van der Waals surface area (Å²) in [6.45, 7) is 2.41. The molecule has 1 aliphatic carbocycles. The van der Waals surface area contributed by atoms with Gasteiger partial charge in [-0.2, -0.15) is 0 Å². The van der Waals surface area contributed by atoms with E-state index in [-0.39, 0.29) is 11.7 Å². The van der Waals surface area contributed by atoms with Crippen molar-refractivity contribution in [2.45, 2.75) is 44.2 Å². The van der Waals surface area contributed by atoms with Crippen LogP contribution in [0.15, 0.2) is 39.5 Å². The normalized spacial score (nSPS) is 20.8. The highest BCUT2D eigenvalue weighted by Gasteiger charge is 2.47. The standard InChI is InChI=1S/C20H20ClNO4/c1-12-11-16(15-7-4-10-25-15)26-19(24)17(12)18(23)22-20(8-9-20)13-5-2-3-6-14(13)21/h2-3,5-6,11,15H,4,7-10H2,1H3,(H,22,23). The first kappa shape index (κ1) is 17.3. The second-order valence-corrected chi connectivity index (χ2v) is 7.42. The molecule has 0 radical (unpaired) electrons. The Hall–Kier alpha value is -2.11. The zero-order valence-electron chi connectivity index (χ0n) is 14.5. The van der Waals surface area contributed by atoms with E-state index < -0.39 is 17.1 Å². The summed E-state index contributed by atoms with van der Waals surface area (Å²) >= 11 is 6.29. The van der Waals surface area contributed by atoms with E-state index in [0.717, 1.165) is 31.2 Å². The van der Waals surface area contributed by atoms with Gasteiger partial charge in [0.15, 0.2) is 0 Å². The number of halogens is 1. The average molecular weight is 374 g/mol. The molecule has 26 heavy (non-hydrogen) atoms. The van der Waals surface area contributed by atoms with Gasteiger partial charge in [0.1, 0.15) is 17.4 Å². The number of aryl methyl sites for hydroxylation is 1. The van der Waals surface area contributed by atoms with Crippen LogP contribution in [-0.2, 0) is 10.3 Å². The molecule has 1 aromatic heterocycles. The Balaban J connectivity index is 1.61. The molecule has 0 bridgehead atoms. The Morgan fingerprint density at radius 2 is 2.08 bits per heavy atom. The predicted molar refractivity (Wildman–Crippen MR) is 97.5 cm³/mol. The fourth-order valence-corrected chi connectivity index (χ4v) is 3.90. The minimum Gasteiger partial charge on any atom is -0.424 e. The van der Waals surface area contributed by atoms with E-state index in [4.69, 9.17) is 20.8 Å². The van der Waals surface area contributed by atoms with Gasteiger partial charge in [-0.15, -0.1) is 0 Å². The minimum absolute atomic E-state index is 0.0464. The van der Waals surface area contributed by atoms with Crippen molar-refractivity contribution in [1.82, 2.24) is 5.32 Å². The monoisotopic (exact) mass is 373 g/mol. The number of nitrogens with one attached hydrogen (secondary N) is 1. The summed E-state index contributed by atoms with van der Waals surface area (Å²) in [6, 6.07) is 9.20. The Labute approximate surface area is 156 Å². The Morgan fingerprint density at radius 1 is 1.31 bits per heavy atom. The third-order valence-electron chi connectivity index (χ3n) is 5.13. The number of carbonyl (C=O) groups excluding carboxylic acids is 1. The maximum atomic E-state index is 12.8. The van der Waals surface area contributed by atoms with Crippen molar-refractivity contribution in [3.05, 3.63) is 68.2 Å². The van der Waals surface area contributed by atoms with Gasteiger partial charge in [-0.3, -0.25) is 4.79 Å². The molecule has 136 valence electrons. The number of ether oxygens (including phenoxy) is 1. The Bertz CT molecular complexity index is 910. The van der Waals surface area contributed by atoms with Crippen LogP contribution in [0.2, 0.25) is 5.02 Å². The van der Waals surface area contributed by atoms with Crippen LogP contribution in [0.1, 0.15) is 59.0 Å². The number of hydrogen-bond acceptors (Lipinski definition) is 4. The molecule has 1 saturated heterocycles. The molecule has 2 heterocycles. The number of rotatable bonds is 4. The summed E-state index contributed by atoms with van der Waals surface area (Å²) in [6.07, 6.45) is 3.15. The summed E-state index contributed by atoms with van der Waals surface area (Å²) in [4.78, 5) is 25.3. The van der Waals surface area contributed by atoms with Gasteiger partial charge in [-0.25, -0.2) is 4.79 Å². The van der Waals surface area contributed by atoms with Gasteiger partial charge >= 0.3 is 5.63 Å². The first-order chi connectivity index (χ1) is 12.5. The highest BCUT2D eigenvalue weighted by Crippen LogP contribution is 2.48. The molecule has 1 saturated carbocycles. The van der Waals surface area contributed by atoms with Crippen LogP contribution in [0.3, 0.4) is 0 Å². The van der Waals surface area contributed by atoms with Gasteiger partial charge in [0.2, 0.25) is 0 Å². The van der Waals surface area contributed by atoms with E-state index in [1.165, 1.54) is 0 Å². The van der Waals surface area contributed by atoms with Crippen molar-refractivity contribution in [1.29, 1.82) is 0 Å². The number of hydrogen-bond donors (Lipinski definition) is 1. The summed E-state index contributed by atoms with van der Waals surface area (Å²) in [5, 5.41) is 3.61. The summed E-state index contributed by atoms with van der Waals surface area (Å²) in [5.41, 5.74) is 0.405. The quantitative estimate of drug-likeness (QED) is 0.883. The first-order valence-corrected chi connectivity index (χ1v) is 9.22. The van der Waals surface area contributed by atoms with Crippen molar-refractivity contribution in [3.8, 4) is 0 Å². The molecule has 2 aromatic rings. The van der Waals surface area contributed by atoms with Gasteiger partial charge in [0.05, 0.1) is 5.54 Å². The highest BCUT2D eigenvalue weighted by molar-refractivity contribution is 6.31. The highest BCUT2D eigenvalue weighted by atomic mass is 35.5. The number of amides is 1. The first-order valence-electron chi connectivity index (χ1n) is 8.84. The third kappa shape index (κ3) is 3.06. The van der Waals surface area contributed by atoms with Crippen LogP contribution in [0.5, 0.6) is 0 Å². The van der Waals surface area contributed by atoms with Crippen molar-refractivity contribution in [2.75, 3.05) is 6.61 Å². The van der Waals surface area contributed by atoms with Gasteiger partial charge in [-0.1, -0.05) is 29.8 Å². The van der Waals surface area contributed by atoms with Gasteiger partial charge in [0.25, 0.3) is 5.91 Å². The second kappa shape index (κ2) is 6.56. The van der Waals surface area contributed by atoms with Crippen LogP contribution in [0.4, 0.5) is 0 Å². The fourth-order valence-electron chi connectivity index (χ4n) is 3.58. The molecular formula is C20H20ClNO4. The van der Waals surface area contributed by atoms with Gasteiger partial charge < -0.3 is 14.5 Å². The topological polar surface area (TPSA) is 68.5 Å². The molecule has 1 aliphatic heterocycles. The molecule has 1 unspecified atom stereocenters. The molecule has 1 aromatic carbocycles. The summed E-state index contributed by atoms with van der Waals surface area (Å²) < 4.78 is 11.0. The van der Waals surface area contributed by atoms with Crippen LogP contribution in [0.25, 0.3) is 0 Å². The van der Waals surface area contributed by atoms with Crippen LogP contribution in [-0.4, -0.2) is 12.5 Å². The van der Waals surface area contributed by atoms with E-state index in [2.05, 4.69) is 5.32 Å². The summed E-state index contributed by atoms with van der Waals surface area (Å²) in [7, 11) is 0. The van der Waals surface area contributed by atoms with E-state index in [1.54, 1.807) is 19.1 Å². The zero-order valence-corrected chi connectivity index (χ0v) is 15.3. The molecule has 6 heteroatoms. The number of benzene rings is 1. The average Bonchev–Trinajstić information content (AvgIpc) is 3.16. The second-order valence-electron chi connectivity index (χ2n) is 7.01. The van der Waals surface area contributed by atoms with Crippen molar-refractivity contribution >= 4 is 17.5 Å². The largest absolute Gasteiger partial charge is 0.424 e. The zero-order chi connectivity index (χ0) is 18.3. The molecule has 2 aliphatic rings. The maximum Gasteiger partial charge on any atom is 0.349 e. The van der Waals surface area contributed by atoms with Crippen LogP contribution >= 0.6 is 11.6 Å². The molecule has 4 rings (SSSR count). The summed E-state index contributed by atoms with van der Waals surface area (Å²) in [5.74, 6) is 0.0707. The molecule has 5 nitrogen and oxygen atoms in total. The Kier molecular flexibility index (Phi) is 4.37. The van der Waals surface area contributed by atoms with Gasteiger partial charge in [0, 0.05) is 11.6 Å².